The van der Waals surface area contributed by atoms with Gasteiger partial charge in [-0.25, -0.2) is 0 Å². The minimum atomic E-state index is -0.275. The number of hydrogen-bond acceptors (Lipinski definition) is 4. The number of nitrogens with one attached hydrogen (secondary N) is 2. The van der Waals surface area contributed by atoms with E-state index in [1.807, 2.05) is 50.1 Å². The Kier molecular flexibility index (Phi) is 4.92. The number of aromatic amines is 1. The van der Waals surface area contributed by atoms with Crippen LogP contribution >= 0.6 is 0 Å². The molecule has 0 atom stereocenters. The van der Waals surface area contributed by atoms with Gasteiger partial charge in [-0.15, -0.1) is 0 Å². The van der Waals surface area contributed by atoms with E-state index in [-0.39, 0.29) is 11.8 Å². The fourth-order valence-corrected chi connectivity index (χ4v) is 3.76. The van der Waals surface area contributed by atoms with Crippen LogP contribution in [0.5, 0.6) is 0 Å². The Morgan fingerprint density at radius 1 is 1.28 bits per heavy atom. The molecule has 8 heteroatoms. The van der Waals surface area contributed by atoms with Crippen molar-refractivity contribution in [1.29, 1.82) is 0 Å². The van der Waals surface area contributed by atoms with Crippen molar-refractivity contribution in [3.8, 4) is 11.3 Å². The molecule has 0 spiro atoms. The van der Waals surface area contributed by atoms with Crippen LogP contribution < -0.4 is 5.32 Å². The SMILES string of the molecule is Cc1nn(C)c(C)c1-c1cc(C(=O)Nc2ccccc2CN2CCCC2=O)[nH]n1. The lowest BCUT2D eigenvalue weighted by Gasteiger charge is -2.18. The molecule has 1 aliphatic rings. The summed E-state index contributed by atoms with van der Waals surface area (Å²) >= 11 is 0. The zero-order valence-electron chi connectivity index (χ0n) is 16.8. The van der Waals surface area contributed by atoms with Crippen LogP contribution in [0.4, 0.5) is 5.69 Å². The molecule has 2 N–H and O–H groups in total. The highest BCUT2D eigenvalue weighted by molar-refractivity contribution is 6.04. The molecule has 1 fully saturated rings. The third-order valence-corrected chi connectivity index (χ3v) is 5.39. The van der Waals surface area contributed by atoms with E-state index in [1.54, 1.807) is 10.7 Å². The third-order valence-electron chi connectivity index (χ3n) is 5.39. The highest BCUT2D eigenvalue weighted by Gasteiger charge is 2.22. The summed E-state index contributed by atoms with van der Waals surface area (Å²) < 4.78 is 1.80. The minimum absolute atomic E-state index is 0.159. The smallest absolute Gasteiger partial charge is 0.273 e. The number of hydrogen-bond donors (Lipinski definition) is 2. The molecule has 2 amide bonds. The molecule has 0 radical (unpaired) electrons. The number of H-pyrrole nitrogens is 1. The highest BCUT2D eigenvalue weighted by Crippen LogP contribution is 2.26. The summed E-state index contributed by atoms with van der Waals surface area (Å²) in [5, 5.41) is 14.5. The standard InChI is InChI=1S/C21H24N6O2/c1-13-20(14(2)26(3)25-13)17-11-18(24-23-17)21(29)22-16-8-5-4-7-15(16)12-27-10-6-9-19(27)28/h4-5,7-8,11H,6,9-10,12H2,1-3H3,(H,22,29)(H,23,24). The normalized spacial score (nSPS) is 13.9. The quantitative estimate of drug-likeness (QED) is 0.698. The van der Waals surface area contributed by atoms with Gasteiger partial charge in [0.05, 0.1) is 11.4 Å². The van der Waals surface area contributed by atoms with Crippen LogP contribution in [0.2, 0.25) is 0 Å². The molecule has 29 heavy (non-hydrogen) atoms. The number of likely N-dealkylation sites (tertiary alicyclic amines) is 1. The first-order chi connectivity index (χ1) is 13.9. The maximum atomic E-state index is 12.8. The van der Waals surface area contributed by atoms with Crippen LogP contribution in [0, 0.1) is 13.8 Å². The number of para-hydroxylation sites is 1. The van der Waals surface area contributed by atoms with Gasteiger partial charge in [-0.05, 0) is 38.0 Å². The minimum Gasteiger partial charge on any atom is -0.338 e. The summed E-state index contributed by atoms with van der Waals surface area (Å²) in [7, 11) is 1.88. The zero-order chi connectivity index (χ0) is 20.5. The predicted molar refractivity (Wildman–Crippen MR) is 109 cm³/mol. The van der Waals surface area contributed by atoms with Crippen molar-refractivity contribution in [2.24, 2.45) is 7.05 Å². The molecule has 0 unspecified atom stereocenters. The molecular weight excluding hydrogens is 368 g/mol. The van der Waals surface area contributed by atoms with E-state index in [1.165, 1.54) is 0 Å². The molecule has 3 aromatic rings. The summed E-state index contributed by atoms with van der Waals surface area (Å²) in [6.45, 7) is 5.15. The van der Waals surface area contributed by atoms with E-state index >= 15 is 0 Å². The molecule has 3 heterocycles. The molecule has 150 valence electrons. The van der Waals surface area contributed by atoms with Crippen molar-refractivity contribution < 1.29 is 9.59 Å². The molecule has 0 aliphatic carbocycles. The number of carbonyl (C=O) groups excluding carboxylic acids is 2. The Labute approximate surface area is 168 Å². The Morgan fingerprint density at radius 3 is 2.76 bits per heavy atom. The number of aryl methyl sites for hydroxylation is 2. The van der Waals surface area contributed by atoms with E-state index < -0.39 is 0 Å². The first-order valence-electron chi connectivity index (χ1n) is 9.67. The molecule has 1 saturated heterocycles. The maximum absolute atomic E-state index is 12.8. The summed E-state index contributed by atoms with van der Waals surface area (Å²) in [6, 6.07) is 9.29. The molecule has 4 rings (SSSR count). The summed E-state index contributed by atoms with van der Waals surface area (Å²) in [5.74, 6) is -0.116. The first-order valence-corrected chi connectivity index (χ1v) is 9.67. The summed E-state index contributed by atoms with van der Waals surface area (Å²) in [6.07, 6.45) is 1.48. The van der Waals surface area contributed by atoms with Gasteiger partial charge in [0.15, 0.2) is 0 Å². The molecular formula is C21H24N6O2. The number of amides is 2. The maximum Gasteiger partial charge on any atom is 0.273 e. The van der Waals surface area contributed by atoms with Gasteiger partial charge in [0, 0.05) is 43.5 Å². The van der Waals surface area contributed by atoms with Gasteiger partial charge in [-0.3, -0.25) is 19.4 Å². The Balaban J connectivity index is 1.53. The molecule has 0 saturated carbocycles. The van der Waals surface area contributed by atoms with Crippen molar-refractivity contribution in [3.63, 3.8) is 0 Å². The second-order valence-electron chi connectivity index (χ2n) is 7.37. The largest absolute Gasteiger partial charge is 0.338 e. The van der Waals surface area contributed by atoms with E-state index in [9.17, 15) is 9.59 Å². The van der Waals surface area contributed by atoms with Crippen LogP contribution in [-0.4, -0.2) is 43.2 Å². The average molecular weight is 392 g/mol. The van der Waals surface area contributed by atoms with Crippen LogP contribution in [0.15, 0.2) is 30.3 Å². The van der Waals surface area contributed by atoms with Gasteiger partial charge in [0.2, 0.25) is 5.91 Å². The van der Waals surface area contributed by atoms with Crippen LogP contribution in [0.3, 0.4) is 0 Å². The molecule has 0 bridgehead atoms. The van der Waals surface area contributed by atoms with Crippen LogP contribution in [-0.2, 0) is 18.4 Å². The fourth-order valence-electron chi connectivity index (χ4n) is 3.76. The van der Waals surface area contributed by atoms with E-state index in [0.29, 0.717) is 30.0 Å². The average Bonchev–Trinajstić information content (AvgIpc) is 3.38. The van der Waals surface area contributed by atoms with Crippen molar-refractivity contribution in [2.45, 2.75) is 33.2 Å². The van der Waals surface area contributed by atoms with Gasteiger partial charge in [-0.1, -0.05) is 18.2 Å². The number of benzene rings is 1. The predicted octanol–water partition coefficient (Wildman–Crippen LogP) is 2.80. The van der Waals surface area contributed by atoms with Crippen molar-refractivity contribution >= 4 is 17.5 Å². The summed E-state index contributed by atoms with van der Waals surface area (Å²) in [5.41, 5.74) is 5.45. The molecule has 8 nitrogen and oxygen atoms in total. The number of rotatable bonds is 5. The highest BCUT2D eigenvalue weighted by atomic mass is 16.2. The molecule has 2 aromatic heterocycles. The number of aromatic nitrogens is 4. The van der Waals surface area contributed by atoms with Crippen LogP contribution in [0.25, 0.3) is 11.3 Å². The van der Waals surface area contributed by atoms with E-state index in [4.69, 9.17) is 0 Å². The number of carbonyl (C=O) groups is 2. The summed E-state index contributed by atoms with van der Waals surface area (Å²) in [4.78, 5) is 26.6. The fraction of sp³-hybridized carbons (Fsp3) is 0.333. The monoisotopic (exact) mass is 392 g/mol. The van der Waals surface area contributed by atoms with Crippen LogP contribution in [0.1, 0.15) is 40.3 Å². The number of anilines is 1. The lowest BCUT2D eigenvalue weighted by molar-refractivity contribution is -0.128. The molecule has 1 aliphatic heterocycles. The van der Waals surface area contributed by atoms with Crippen molar-refractivity contribution in [2.75, 3.05) is 11.9 Å². The second-order valence-corrected chi connectivity index (χ2v) is 7.37. The first kappa shape index (κ1) is 18.9. The van der Waals surface area contributed by atoms with Crippen molar-refractivity contribution in [1.82, 2.24) is 24.9 Å². The van der Waals surface area contributed by atoms with E-state index in [0.717, 1.165) is 35.5 Å². The van der Waals surface area contributed by atoms with Gasteiger partial charge < -0.3 is 10.2 Å². The van der Waals surface area contributed by atoms with Crippen molar-refractivity contribution in [3.05, 3.63) is 53.0 Å². The lowest BCUT2D eigenvalue weighted by Crippen LogP contribution is -2.25. The third kappa shape index (κ3) is 3.65. The van der Waals surface area contributed by atoms with Gasteiger partial charge >= 0.3 is 0 Å². The topological polar surface area (TPSA) is 95.9 Å². The van der Waals surface area contributed by atoms with Gasteiger partial charge in [-0.2, -0.15) is 10.2 Å². The Hall–Kier alpha value is -3.42. The second kappa shape index (κ2) is 7.54. The lowest BCUT2D eigenvalue weighted by atomic mass is 10.1. The van der Waals surface area contributed by atoms with E-state index in [2.05, 4.69) is 20.6 Å². The Morgan fingerprint density at radius 2 is 2.07 bits per heavy atom. The number of nitrogens with zero attached hydrogens (tertiary/aromatic N) is 4. The van der Waals surface area contributed by atoms with Gasteiger partial charge in [0.1, 0.15) is 5.69 Å². The Bertz CT molecular complexity index is 1080. The van der Waals surface area contributed by atoms with Gasteiger partial charge in [0.25, 0.3) is 5.91 Å². The zero-order valence-corrected chi connectivity index (χ0v) is 16.8. The molecule has 1 aromatic carbocycles.